The molecule has 1 fully saturated rings. The molecule has 6 heteroatoms. The summed E-state index contributed by atoms with van der Waals surface area (Å²) in [5, 5.41) is 11.8. The first-order valence-electron chi connectivity index (χ1n) is 6.39. The van der Waals surface area contributed by atoms with Crippen molar-refractivity contribution in [2.75, 3.05) is 26.2 Å². The van der Waals surface area contributed by atoms with Gasteiger partial charge in [0, 0.05) is 19.6 Å². The molecule has 6 nitrogen and oxygen atoms in total. The van der Waals surface area contributed by atoms with Gasteiger partial charge in [-0.3, -0.25) is 4.79 Å². The third-order valence-electron chi connectivity index (χ3n) is 3.83. The molecule has 1 rings (SSSR count). The summed E-state index contributed by atoms with van der Waals surface area (Å²) in [6.45, 7) is 5.55. The maximum atomic E-state index is 11.9. The molecule has 0 aromatic carbocycles. The molecule has 2 unspecified atom stereocenters. The van der Waals surface area contributed by atoms with Crippen LogP contribution in [0.2, 0.25) is 0 Å². The number of likely N-dealkylation sites (tertiary alicyclic amines) is 1. The van der Waals surface area contributed by atoms with Crippen molar-refractivity contribution in [2.45, 2.75) is 26.7 Å². The monoisotopic (exact) mass is 257 g/mol. The molecule has 2 amide bonds. The van der Waals surface area contributed by atoms with Gasteiger partial charge in [0.25, 0.3) is 0 Å². The Kier molecular flexibility index (Phi) is 4.95. The predicted octanol–water partition coefficient (Wildman–Crippen LogP) is 0.478. The summed E-state index contributed by atoms with van der Waals surface area (Å²) in [7, 11) is 0. The lowest BCUT2D eigenvalue weighted by atomic mass is 9.88. The van der Waals surface area contributed by atoms with E-state index in [9.17, 15) is 9.59 Å². The quantitative estimate of drug-likeness (QED) is 0.667. The Morgan fingerprint density at radius 2 is 2.22 bits per heavy atom. The van der Waals surface area contributed by atoms with E-state index in [1.165, 1.54) is 0 Å². The highest BCUT2D eigenvalue weighted by Gasteiger charge is 2.33. The molecule has 2 atom stereocenters. The highest BCUT2D eigenvalue weighted by Crippen LogP contribution is 2.20. The Bertz CT molecular complexity index is 322. The van der Waals surface area contributed by atoms with Crippen molar-refractivity contribution < 1.29 is 14.7 Å². The zero-order valence-corrected chi connectivity index (χ0v) is 11.1. The van der Waals surface area contributed by atoms with Gasteiger partial charge < -0.3 is 21.1 Å². The van der Waals surface area contributed by atoms with Crippen LogP contribution < -0.4 is 11.1 Å². The van der Waals surface area contributed by atoms with Crippen molar-refractivity contribution in [3.05, 3.63) is 0 Å². The van der Waals surface area contributed by atoms with E-state index in [0.29, 0.717) is 32.0 Å². The highest BCUT2D eigenvalue weighted by molar-refractivity contribution is 5.78. The van der Waals surface area contributed by atoms with E-state index in [-0.39, 0.29) is 12.6 Å². The zero-order chi connectivity index (χ0) is 13.8. The second kappa shape index (κ2) is 6.04. The van der Waals surface area contributed by atoms with Crippen LogP contribution in [0.25, 0.3) is 0 Å². The van der Waals surface area contributed by atoms with Crippen molar-refractivity contribution in [3.8, 4) is 0 Å². The molecule has 0 bridgehead atoms. The Morgan fingerprint density at radius 1 is 1.56 bits per heavy atom. The van der Waals surface area contributed by atoms with E-state index in [0.717, 1.165) is 6.42 Å². The van der Waals surface area contributed by atoms with Gasteiger partial charge in [-0.1, -0.05) is 6.92 Å². The standard InChI is InChI=1S/C12H23N3O3/c1-3-12(2,10(16)17)8-14-11(18)15-5-4-9(6-13)7-15/h9H,3-8,13H2,1-2H3,(H,14,18)(H,16,17). The second-order valence-corrected chi connectivity index (χ2v) is 5.21. The summed E-state index contributed by atoms with van der Waals surface area (Å²) >= 11 is 0. The van der Waals surface area contributed by atoms with Gasteiger partial charge in [-0.05, 0) is 32.2 Å². The Hall–Kier alpha value is -1.30. The number of carbonyl (C=O) groups excluding carboxylic acids is 1. The average Bonchev–Trinajstić information content (AvgIpc) is 2.84. The van der Waals surface area contributed by atoms with Crippen molar-refractivity contribution in [1.29, 1.82) is 0 Å². The third-order valence-corrected chi connectivity index (χ3v) is 3.83. The molecule has 0 aromatic rings. The van der Waals surface area contributed by atoms with Crippen LogP contribution in [0.4, 0.5) is 4.79 Å². The smallest absolute Gasteiger partial charge is 0.317 e. The summed E-state index contributed by atoms with van der Waals surface area (Å²) in [5.74, 6) is -0.515. The lowest BCUT2D eigenvalue weighted by Crippen LogP contribution is -2.45. The largest absolute Gasteiger partial charge is 0.481 e. The predicted molar refractivity (Wildman–Crippen MR) is 68.2 cm³/mol. The first-order chi connectivity index (χ1) is 8.42. The molecule has 0 aromatic heterocycles. The van der Waals surface area contributed by atoms with Crippen LogP contribution in [-0.4, -0.2) is 48.2 Å². The molecule has 18 heavy (non-hydrogen) atoms. The SMILES string of the molecule is CCC(C)(CNC(=O)N1CCC(CN)C1)C(=O)O. The summed E-state index contributed by atoms with van der Waals surface area (Å²) in [6, 6.07) is -0.188. The van der Waals surface area contributed by atoms with Gasteiger partial charge in [0.15, 0.2) is 0 Å². The van der Waals surface area contributed by atoms with Crippen molar-refractivity contribution in [2.24, 2.45) is 17.1 Å². The van der Waals surface area contributed by atoms with E-state index in [1.54, 1.807) is 18.7 Å². The van der Waals surface area contributed by atoms with Crippen LogP contribution in [0, 0.1) is 11.3 Å². The van der Waals surface area contributed by atoms with E-state index in [4.69, 9.17) is 10.8 Å². The summed E-state index contributed by atoms with van der Waals surface area (Å²) in [6.07, 6.45) is 1.40. The molecule has 0 saturated carbocycles. The van der Waals surface area contributed by atoms with E-state index < -0.39 is 11.4 Å². The first-order valence-corrected chi connectivity index (χ1v) is 6.39. The minimum absolute atomic E-state index is 0.154. The van der Waals surface area contributed by atoms with E-state index in [1.807, 2.05) is 0 Å². The molecular weight excluding hydrogens is 234 g/mol. The number of nitrogens with zero attached hydrogens (tertiary/aromatic N) is 1. The molecule has 0 radical (unpaired) electrons. The molecule has 1 saturated heterocycles. The molecular formula is C12H23N3O3. The number of hydrogen-bond donors (Lipinski definition) is 3. The Labute approximate surface area is 108 Å². The summed E-state index contributed by atoms with van der Waals surface area (Å²) in [4.78, 5) is 24.7. The minimum atomic E-state index is -0.900. The van der Waals surface area contributed by atoms with Crippen LogP contribution in [0.15, 0.2) is 0 Å². The van der Waals surface area contributed by atoms with E-state index >= 15 is 0 Å². The number of rotatable bonds is 5. The fraction of sp³-hybridized carbons (Fsp3) is 0.833. The average molecular weight is 257 g/mol. The molecule has 0 aliphatic carbocycles. The number of carboxylic acid groups (broad SMARTS) is 1. The van der Waals surface area contributed by atoms with Gasteiger partial charge in [0.2, 0.25) is 0 Å². The van der Waals surface area contributed by atoms with Gasteiger partial charge in [0.1, 0.15) is 0 Å². The highest BCUT2D eigenvalue weighted by atomic mass is 16.4. The third kappa shape index (κ3) is 3.35. The fourth-order valence-corrected chi connectivity index (χ4v) is 1.94. The van der Waals surface area contributed by atoms with Crippen molar-refractivity contribution in [1.82, 2.24) is 10.2 Å². The minimum Gasteiger partial charge on any atom is -0.481 e. The van der Waals surface area contributed by atoms with Crippen molar-refractivity contribution >= 4 is 12.0 Å². The Morgan fingerprint density at radius 3 is 2.67 bits per heavy atom. The van der Waals surface area contributed by atoms with Gasteiger partial charge in [-0.2, -0.15) is 0 Å². The molecule has 104 valence electrons. The number of carboxylic acids is 1. The number of urea groups is 1. The first kappa shape index (κ1) is 14.8. The normalized spacial score (nSPS) is 22.6. The van der Waals surface area contributed by atoms with E-state index in [2.05, 4.69) is 5.32 Å². The van der Waals surface area contributed by atoms with Crippen LogP contribution in [0.3, 0.4) is 0 Å². The number of aliphatic carboxylic acids is 1. The number of nitrogens with two attached hydrogens (primary N) is 1. The number of nitrogens with one attached hydrogen (secondary N) is 1. The van der Waals surface area contributed by atoms with Gasteiger partial charge >= 0.3 is 12.0 Å². The van der Waals surface area contributed by atoms with Crippen LogP contribution in [0.5, 0.6) is 0 Å². The maximum Gasteiger partial charge on any atom is 0.317 e. The molecule has 1 aliphatic heterocycles. The number of hydrogen-bond acceptors (Lipinski definition) is 3. The Balaban J connectivity index is 2.44. The lowest BCUT2D eigenvalue weighted by molar-refractivity contribution is -0.147. The van der Waals surface area contributed by atoms with Gasteiger partial charge in [-0.15, -0.1) is 0 Å². The molecule has 4 N–H and O–H groups in total. The number of carbonyl (C=O) groups is 2. The fourth-order valence-electron chi connectivity index (χ4n) is 1.94. The molecule has 1 aliphatic rings. The second-order valence-electron chi connectivity index (χ2n) is 5.21. The van der Waals surface area contributed by atoms with Crippen LogP contribution in [0.1, 0.15) is 26.7 Å². The lowest BCUT2D eigenvalue weighted by Gasteiger charge is -2.25. The summed E-state index contributed by atoms with van der Waals surface area (Å²) in [5.41, 5.74) is 4.66. The van der Waals surface area contributed by atoms with Crippen LogP contribution in [-0.2, 0) is 4.79 Å². The molecule has 1 heterocycles. The van der Waals surface area contributed by atoms with Crippen molar-refractivity contribution in [3.63, 3.8) is 0 Å². The number of amides is 2. The van der Waals surface area contributed by atoms with Gasteiger partial charge in [0.05, 0.1) is 5.41 Å². The topological polar surface area (TPSA) is 95.7 Å². The van der Waals surface area contributed by atoms with Gasteiger partial charge in [-0.25, -0.2) is 4.79 Å². The van der Waals surface area contributed by atoms with Crippen LogP contribution >= 0.6 is 0 Å². The summed E-state index contributed by atoms with van der Waals surface area (Å²) < 4.78 is 0. The maximum absolute atomic E-state index is 11.9. The zero-order valence-electron chi connectivity index (χ0n) is 11.1. The molecule has 0 spiro atoms.